The second-order valence-electron chi connectivity index (χ2n) is 5.50. The molecule has 2 amide bonds. The highest BCUT2D eigenvalue weighted by Gasteiger charge is 2.23. The molecule has 1 heterocycles. The number of cyclic esters (lactones) is 1. The van der Waals surface area contributed by atoms with E-state index in [2.05, 4.69) is 5.32 Å². The van der Waals surface area contributed by atoms with Crippen LogP contribution in [0.15, 0.2) is 42.5 Å². The van der Waals surface area contributed by atoms with Crippen molar-refractivity contribution in [1.82, 2.24) is 0 Å². The van der Waals surface area contributed by atoms with Gasteiger partial charge in [-0.1, -0.05) is 12.1 Å². The topological polar surface area (TPSA) is 103 Å². The van der Waals surface area contributed by atoms with Gasteiger partial charge in [-0.3, -0.25) is 9.69 Å². The molecule has 7 heteroatoms. The van der Waals surface area contributed by atoms with Crippen LogP contribution in [0.25, 0.3) is 0 Å². The monoisotopic (exact) mass is 337 g/mol. The summed E-state index contributed by atoms with van der Waals surface area (Å²) in [6, 6.07) is 13.2. The van der Waals surface area contributed by atoms with Crippen molar-refractivity contribution in [1.29, 1.82) is 5.26 Å². The van der Waals surface area contributed by atoms with Gasteiger partial charge in [-0.05, 0) is 35.9 Å². The highest BCUT2D eigenvalue weighted by molar-refractivity contribution is 5.94. The Morgan fingerprint density at radius 3 is 2.68 bits per heavy atom. The zero-order chi connectivity index (χ0) is 17.8. The van der Waals surface area contributed by atoms with Crippen LogP contribution in [0, 0.1) is 11.3 Å². The molecule has 2 aromatic carbocycles. The van der Waals surface area contributed by atoms with E-state index >= 15 is 0 Å². The molecule has 0 radical (unpaired) electrons. The molecule has 0 saturated carbocycles. The van der Waals surface area contributed by atoms with Crippen molar-refractivity contribution < 1.29 is 19.4 Å². The van der Waals surface area contributed by atoms with Crippen LogP contribution < -0.4 is 10.2 Å². The van der Waals surface area contributed by atoms with Crippen molar-refractivity contribution in [3.05, 3.63) is 53.6 Å². The Hall–Kier alpha value is -3.53. The lowest BCUT2D eigenvalue weighted by molar-refractivity contribution is -0.115. The highest BCUT2D eigenvalue weighted by Crippen LogP contribution is 2.24. The summed E-state index contributed by atoms with van der Waals surface area (Å²) in [7, 11) is 0. The summed E-state index contributed by atoms with van der Waals surface area (Å²) in [6.45, 7) is 0.876. The first-order valence-electron chi connectivity index (χ1n) is 7.63. The molecular formula is C18H15N3O4. The first-order chi connectivity index (χ1) is 12.1. The molecule has 1 aliphatic heterocycles. The van der Waals surface area contributed by atoms with Gasteiger partial charge in [0.05, 0.1) is 30.3 Å². The van der Waals surface area contributed by atoms with E-state index in [0.717, 1.165) is 5.56 Å². The number of benzene rings is 2. The number of aromatic hydroxyl groups is 1. The van der Waals surface area contributed by atoms with Gasteiger partial charge >= 0.3 is 6.09 Å². The third-order valence-corrected chi connectivity index (χ3v) is 3.77. The number of carbonyl (C=O) groups is 2. The van der Waals surface area contributed by atoms with E-state index in [9.17, 15) is 14.7 Å². The molecule has 1 fully saturated rings. The van der Waals surface area contributed by atoms with E-state index in [4.69, 9.17) is 10.00 Å². The van der Waals surface area contributed by atoms with E-state index < -0.39 is 0 Å². The minimum Gasteiger partial charge on any atom is -0.506 e. The normalized spacial score (nSPS) is 13.2. The number of nitrogens with zero attached hydrogens (tertiary/aromatic N) is 2. The number of carbonyl (C=O) groups excluding carboxylic acids is 2. The zero-order valence-electron chi connectivity index (χ0n) is 13.2. The molecule has 1 aliphatic rings. The van der Waals surface area contributed by atoms with Crippen LogP contribution >= 0.6 is 0 Å². The van der Waals surface area contributed by atoms with E-state index in [-0.39, 0.29) is 29.9 Å². The predicted molar refractivity (Wildman–Crippen MR) is 90.3 cm³/mol. The summed E-state index contributed by atoms with van der Waals surface area (Å²) >= 11 is 0. The molecule has 2 N–H and O–H groups in total. The Kier molecular flexibility index (Phi) is 4.53. The Labute approximate surface area is 144 Å². The van der Waals surface area contributed by atoms with Gasteiger partial charge in [-0.2, -0.15) is 5.26 Å². The third-order valence-electron chi connectivity index (χ3n) is 3.77. The fourth-order valence-corrected chi connectivity index (χ4v) is 2.51. The van der Waals surface area contributed by atoms with Crippen LogP contribution in [0.1, 0.15) is 11.1 Å². The number of hydrogen-bond donors (Lipinski definition) is 2. The summed E-state index contributed by atoms with van der Waals surface area (Å²) in [4.78, 5) is 25.2. The van der Waals surface area contributed by atoms with Crippen molar-refractivity contribution in [3.8, 4) is 11.8 Å². The van der Waals surface area contributed by atoms with Crippen molar-refractivity contribution in [2.45, 2.75) is 6.42 Å². The van der Waals surface area contributed by atoms with E-state index in [1.165, 1.54) is 23.1 Å². The smallest absolute Gasteiger partial charge is 0.414 e. The number of amides is 2. The molecule has 0 spiro atoms. The lowest BCUT2D eigenvalue weighted by atomic mass is 10.1. The number of anilines is 2. The van der Waals surface area contributed by atoms with Gasteiger partial charge in [-0.15, -0.1) is 0 Å². The molecule has 0 atom stereocenters. The van der Waals surface area contributed by atoms with Crippen molar-refractivity contribution in [2.75, 3.05) is 23.4 Å². The van der Waals surface area contributed by atoms with Gasteiger partial charge in [0.1, 0.15) is 12.4 Å². The Morgan fingerprint density at radius 1 is 1.28 bits per heavy atom. The van der Waals surface area contributed by atoms with Gasteiger partial charge in [-0.25, -0.2) is 4.79 Å². The van der Waals surface area contributed by atoms with Gasteiger partial charge in [0.2, 0.25) is 5.91 Å². The van der Waals surface area contributed by atoms with Gasteiger partial charge in [0.15, 0.2) is 0 Å². The Balaban J connectivity index is 1.65. The second-order valence-corrected chi connectivity index (χ2v) is 5.50. The molecule has 7 nitrogen and oxygen atoms in total. The first kappa shape index (κ1) is 16.3. The van der Waals surface area contributed by atoms with Gasteiger partial charge in [0, 0.05) is 5.69 Å². The summed E-state index contributed by atoms with van der Waals surface area (Å²) in [5.41, 5.74) is 2.01. The third kappa shape index (κ3) is 3.70. The van der Waals surface area contributed by atoms with Crippen LogP contribution in [0.4, 0.5) is 16.2 Å². The van der Waals surface area contributed by atoms with E-state index in [1.54, 1.807) is 24.3 Å². The van der Waals surface area contributed by atoms with Crippen molar-refractivity contribution in [2.24, 2.45) is 0 Å². The fraction of sp³-hybridized carbons (Fsp3) is 0.167. The maximum atomic E-state index is 12.1. The maximum Gasteiger partial charge on any atom is 0.414 e. The molecule has 0 bridgehead atoms. The lowest BCUT2D eigenvalue weighted by Gasteiger charge is -2.13. The first-order valence-corrected chi connectivity index (χ1v) is 7.63. The standard InChI is InChI=1S/C18H15N3O4/c19-11-13-3-6-16(22)15(9-13)20-17(23)10-12-1-4-14(5-2-12)21-7-8-25-18(21)24/h1-6,9,22H,7-8,10H2,(H,20,23). The SMILES string of the molecule is N#Cc1ccc(O)c(NC(=O)Cc2ccc(N3CCOC3=O)cc2)c1. The van der Waals surface area contributed by atoms with Gasteiger partial charge < -0.3 is 15.2 Å². The van der Waals surface area contributed by atoms with E-state index in [0.29, 0.717) is 24.4 Å². The van der Waals surface area contributed by atoms with E-state index in [1.807, 2.05) is 6.07 Å². The van der Waals surface area contributed by atoms with Crippen LogP contribution in [0.5, 0.6) is 5.75 Å². The van der Waals surface area contributed by atoms with Gasteiger partial charge in [0.25, 0.3) is 0 Å². The average Bonchev–Trinajstić information content (AvgIpc) is 3.03. The molecule has 0 aliphatic carbocycles. The molecule has 1 saturated heterocycles. The number of phenolic OH excluding ortho intramolecular Hbond substituents is 1. The predicted octanol–water partition coefficient (Wildman–Crippen LogP) is 2.40. The quantitative estimate of drug-likeness (QED) is 0.834. The summed E-state index contributed by atoms with van der Waals surface area (Å²) < 4.78 is 4.89. The Bertz CT molecular complexity index is 856. The molecule has 0 unspecified atom stereocenters. The van der Waals surface area contributed by atoms with Crippen molar-refractivity contribution in [3.63, 3.8) is 0 Å². The van der Waals surface area contributed by atoms with Crippen LogP contribution in [0.3, 0.4) is 0 Å². The fourth-order valence-electron chi connectivity index (χ4n) is 2.51. The number of nitriles is 1. The summed E-state index contributed by atoms with van der Waals surface area (Å²) in [6.07, 6.45) is -0.278. The minimum absolute atomic E-state index is 0.0982. The van der Waals surface area contributed by atoms with Crippen molar-refractivity contribution >= 4 is 23.4 Å². The molecule has 126 valence electrons. The maximum absolute atomic E-state index is 12.1. The molecule has 3 rings (SSSR count). The average molecular weight is 337 g/mol. The number of nitrogens with one attached hydrogen (secondary N) is 1. The second kappa shape index (κ2) is 6.93. The Morgan fingerprint density at radius 2 is 2.04 bits per heavy atom. The molecule has 0 aromatic heterocycles. The number of phenols is 1. The lowest BCUT2D eigenvalue weighted by Crippen LogP contribution is -2.23. The molecule has 2 aromatic rings. The van der Waals surface area contributed by atoms with Crippen LogP contribution in [-0.2, 0) is 16.0 Å². The highest BCUT2D eigenvalue weighted by atomic mass is 16.6. The van der Waals surface area contributed by atoms with Crippen LogP contribution in [0.2, 0.25) is 0 Å². The van der Waals surface area contributed by atoms with Crippen LogP contribution in [-0.4, -0.2) is 30.3 Å². The molecule has 25 heavy (non-hydrogen) atoms. The summed E-state index contributed by atoms with van der Waals surface area (Å²) in [5, 5.41) is 21.2. The number of ether oxygens (including phenoxy) is 1. The largest absolute Gasteiger partial charge is 0.506 e. The zero-order valence-corrected chi connectivity index (χ0v) is 13.2. The molecular weight excluding hydrogens is 322 g/mol. The number of hydrogen-bond acceptors (Lipinski definition) is 5. The minimum atomic E-state index is -0.377. The number of rotatable bonds is 4. The summed E-state index contributed by atoms with van der Waals surface area (Å²) in [5.74, 6) is -0.422.